The van der Waals surface area contributed by atoms with E-state index >= 15 is 0 Å². The van der Waals surface area contributed by atoms with Crippen LogP contribution < -0.4 is 10.9 Å². The summed E-state index contributed by atoms with van der Waals surface area (Å²) in [6.45, 7) is 1.25. The Kier molecular flexibility index (Phi) is 3.83. The number of aliphatic imine (C=N–C) groups is 1. The first-order valence-corrected chi connectivity index (χ1v) is 9.22. The van der Waals surface area contributed by atoms with Crippen molar-refractivity contribution in [1.29, 1.82) is 0 Å². The molecule has 0 spiro atoms. The Morgan fingerprint density at radius 3 is 2.75 bits per heavy atom. The fourth-order valence-electron chi connectivity index (χ4n) is 3.82. The molecule has 0 bridgehead atoms. The summed E-state index contributed by atoms with van der Waals surface area (Å²) in [4.78, 5) is 31.0. The average molecular weight is 370 g/mol. The van der Waals surface area contributed by atoms with Gasteiger partial charge in [0.1, 0.15) is 5.84 Å². The molecule has 1 N–H and O–H groups in total. The number of amidine groups is 1. The molecule has 3 aliphatic rings. The van der Waals surface area contributed by atoms with Gasteiger partial charge in [-0.2, -0.15) is 0 Å². The van der Waals surface area contributed by atoms with Crippen LogP contribution in [0.5, 0.6) is 0 Å². The van der Waals surface area contributed by atoms with E-state index in [1.807, 2.05) is 42.6 Å². The van der Waals surface area contributed by atoms with E-state index < -0.39 is 0 Å². The fourth-order valence-corrected chi connectivity index (χ4v) is 3.82. The number of nitrogens with one attached hydrogen (secondary N) is 1. The molecule has 138 valence electrons. The minimum absolute atomic E-state index is 0.0498. The first-order valence-electron chi connectivity index (χ1n) is 9.22. The number of amides is 1. The van der Waals surface area contributed by atoms with Crippen LogP contribution >= 0.6 is 0 Å². The number of allylic oxidation sites excluding steroid dienone is 1. The van der Waals surface area contributed by atoms with Crippen LogP contribution in [-0.2, 0) is 11.3 Å². The van der Waals surface area contributed by atoms with Gasteiger partial charge in [0.05, 0.1) is 12.2 Å². The van der Waals surface area contributed by atoms with Gasteiger partial charge in [0, 0.05) is 54.3 Å². The van der Waals surface area contributed by atoms with Gasteiger partial charge in [-0.3, -0.25) is 9.59 Å². The first-order chi connectivity index (χ1) is 13.7. The summed E-state index contributed by atoms with van der Waals surface area (Å²) in [5, 5.41) is 2.96. The molecule has 1 amide bonds. The largest absolute Gasteiger partial charge is 0.324 e. The van der Waals surface area contributed by atoms with Gasteiger partial charge in [0.15, 0.2) is 0 Å². The third-order valence-corrected chi connectivity index (χ3v) is 5.12. The molecule has 1 aromatic carbocycles. The van der Waals surface area contributed by atoms with Gasteiger partial charge >= 0.3 is 0 Å². The third-order valence-electron chi connectivity index (χ3n) is 5.12. The number of carbonyl (C=O) groups is 1. The van der Waals surface area contributed by atoms with E-state index in [0.717, 1.165) is 46.9 Å². The van der Waals surface area contributed by atoms with Crippen LogP contribution in [0.15, 0.2) is 93.8 Å². The predicted molar refractivity (Wildman–Crippen MR) is 106 cm³/mol. The zero-order valence-corrected chi connectivity index (χ0v) is 15.1. The maximum atomic E-state index is 12.4. The summed E-state index contributed by atoms with van der Waals surface area (Å²) in [7, 11) is 0. The van der Waals surface area contributed by atoms with E-state index in [-0.39, 0.29) is 11.5 Å². The lowest BCUT2D eigenvalue weighted by Gasteiger charge is -2.27. The van der Waals surface area contributed by atoms with Crippen molar-refractivity contribution in [3.8, 4) is 0 Å². The van der Waals surface area contributed by atoms with E-state index in [4.69, 9.17) is 0 Å². The highest BCUT2D eigenvalue weighted by Gasteiger charge is 2.32. The molecular formula is C22H18N4O2. The Morgan fingerprint density at radius 2 is 1.89 bits per heavy atom. The zero-order valence-electron chi connectivity index (χ0n) is 15.1. The van der Waals surface area contributed by atoms with Crippen molar-refractivity contribution in [3.63, 3.8) is 0 Å². The van der Waals surface area contributed by atoms with Gasteiger partial charge in [-0.25, -0.2) is 4.99 Å². The van der Waals surface area contributed by atoms with E-state index in [1.54, 1.807) is 22.9 Å². The lowest BCUT2D eigenvalue weighted by Crippen LogP contribution is -2.33. The summed E-state index contributed by atoms with van der Waals surface area (Å²) in [5.74, 6) is 0.678. The number of nitrogens with zero attached hydrogens (tertiary/aromatic N) is 3. The van der Waals surface area contributed by atoms with Crippen molar-refractivity contribution in [3.05, 3.63) is 105 Å². The minimum atomic E-state index is -0.113. The lowest BCUT2D eigenvalue weighted by atomic mass is 10.1. The van der Waals surface area contributed by atoms with Crippen molar-refractivity contribution < 1.29 is 4.79 Å². The molecule has 5 rings (SSSR count). The molecule has 0 atom stereocenters. The molecule has 6 heteroatoms. The highest BCUT2D eigenvalue weighted by Crippen LogP contribution is 2.33. The summed E-state index contributed by atoms with van der Waals surface area (Å²) in [6.07, 6.45) is 7.73. The van der Waals surface area contributed by atoms with Crippen LogP contribution in [0.1, 0.15) is 17.5 Å². The summed E-state index contributed by atoms with van der Waals surface area (Å²) in [5.41, 5.74) is 4.73. The first kappa shape index (κ1) is 16.5. The number of benzene rings is 1. The number of rotatable bonds is 3. The molecule has 0 unspecified atom stereocenters. The number of aromatic nitrogens is 1. The van der Waals surface area contributed by atoms with Gasteiger partial charge < -0.3 is 14.8 Å². The topological polar surface area (TPSA) is 66.7 Å². The van der Waals surface area contributed by atoms with Crippen LogP contribution in [0.2, 0.25) is 0 Å². The van der Waals surface area contributed by atoms with Crippen molar-refractivity contribution in [2.45, 2.75) is 13.0 Å². The molecule has 0 fully saturated rings. The maximum Gasteiger partial charge on any atom is 0.250 e. The molecule has 2 aromatic rings. The number of pyridine rings is 1. The quantitative estimate of drug-likeness (QED) is 0.900. The monoisotopic (exact) mass is 370 g/mol. The van der Waals surface area contributed by atoms with E-state index in [2.05, 4.69) is 15.2 Å². The number of hydrogen-bond acceptors (Lipinski definition) is 4. The Labute approximate surface area is 161 Å². The minimum Gasteiger partial charge on any atom is -0.324 e. The van der Waals surface area contributed by atoms with Gasteiger partial charge in [-0.05, 0) is 17.7 Å². The molecule has 6 nitrogen and oxygen atoms in total. The van der Waals surface area contributed by atoms with E-state index in [1.165, 1.54) is 6.08 Å². The van der Waals surface area contributed by atoms with Gasteiger partial charge in [-0.1, -0.05) is 30.3 Å². The lowest BCUT2D eigenvalue weighted by molar-refractivity contribution is -0.115. The molecule has 0 saturated carbocycles. The average Bonchev–Trinajstić information content (AvgIpc) is 3.05. The van der Waals surface area contributed by atoms with Gasteiger partial charge in [-0.15, -0.1) is 0 Å². The van der Waals surface area contributed by atoms with Crippen LogP contribution in [0.25, 0.3) is 0 Å². The summed E-state index contributed by atoms with van der Waals surface area (Å²) in [6, 6.07) is 13.3. The predicted octanol–water partition coefficient (Wildman–Crippen LogP) is 2.14. The smallest absolute Gasteiger partial charge is 0.250 e. The Morgan fingerprint density at radius 1 is 1.04 bits per heavy atom. The molecule has 4 heterocycles. The maximum absolute atomic E-state index is 12.4. The molecule has 3 aliphatic heterocycles. The van der Waals surface area contributed by atoms with Crippen molar-refractivity contribution >= 4 is 11.7 Å². The van der Waals surface area contributed by atoms with Gasteiger partial charge in [0.25, 0.3) is 5.56 Å². The number of carbonyl (C=O) groups excluding carboxylic acids is 1. The number of hydrogen-bond donors (Lipinski definition) is 1. The highest BCUT2D eigenvalue weighted by molar-refractivity contribution is 6.02. The molecule has 0 radical (unpaired) electrons. The third kappa shape index (κ3) is 2.79. The van der Waals surface area contributed by atoms with Gasteiger partial charge in [0.2, 0.25) is 5.91 Å². The molecule has 28 heavy (non-hydrogen) atoms. The van der Waals surface area contributed by atoms with E-state index in [0.29, 0.717) is 6.54 Å². The second-order valence-electron chi connectivity index (χ2n) is 6.96. The highest BCUT2D eigenvalue weighted by atomic mass is 16.1. The fraction of sp³-hybridized carbons (Fsp3) is 0.136. The second kappa shape index (κ2) is 6.49. The summed E-state index contributed by atoms with van der Waals surface area (Å²) >= 11 is 0. The SMILES string of the molecule is O=C1C=CC2=CN=C(c3ccc(=O)n(Cc4ccccc4)c3)N3CCC(=C23)N1. The van der Waals surface area contributed by atoms with Crippen molar-refractivity contribution in [1.82, 2.24) is 14.8 Å². The van der Waals surface area contributed by atoms with Crippen molar-refractivity contribution in [2.24, 2.45) is 4.99 Å². The Bertz CT molecular complexity index is 1150. The molecular weight excluding hydrogens is 352 g/mol. The van der Waals surface area contributed by atoms with Crippen LogP contribution in [0.3, 0.4) is 0 Å². The normalized spacial score (nSPS) is 17.7. The zero-order chi connectivity index (χ0) is 19.1. The van der Waals surface area contributed by atoms with Crippen LogP contribution in [0.4, 0.5) is 0 Å². The molecule has 1 aromatic heterocycles. The molecule has 0 aliphatic carbocycles. The Hall–Kier alpha value is -3.67. The Balaban J connectivity index is 1.54. The van der Waals surface area contributed by atoms with E-state index in [9.17, 15) is 9.59 Å². The summed E-state index contributed by atoms with van der Waals surface area (Å²) < 4.78 is 1.70. The van der Waals surface area contributed by atoms with Crippen molar-refractivity contribution in [2.75, 3.05) is 6.54 Å². The molecule has 0 saturated heterocycles. The van der Waals surface area contributed by atoms with Crippen LogP contribution in [0, 0.1) is 0 Å². The van der Waals surface area contributed by atoms with Crippen LogP contribution in [-0.4, -0.2) is 27.8 Å². The second-order valence-corrected chi connectivity index (χ2v) is 6.96. The standard InChI is InChI=1S/C22H18N4O2/c27-19-8-6-16-12-23-22(26-11-10-18(24-19)21(16)26)17-7-9-20(28)25(14-17)13-15-4-2-1-3-5-15/h1-9,12,14H,10-11,13H2,(H,24,27).